The van der Waals surface area contributed by atoms with E-state index in [2.05, 4.69) is 67.8 Å². The maximum Gasteiger partial charge on any atom is 0.249 e. The first kappa shape index (κ1) is 67.1. The normalized spacial score (nSPS) is 20.5. The molecular formula is C60H111NO10. The summed E-state index contributed by atoms with van der Waals surface area (Å²) in [5.41, 5.74) is 0. The van der Waals surface area contributed by atoms with Crippen molar-refractivity contribution in [1.82, 2.24) is 5.32 Å². The third-order valence-corrected chi connectivity index (χ3v) is 14.1. The average molecular weight is 1010 g/mol. The summed E-state index contributed by atoms with van der Waals surface area (Å²) in [5, 5.41) is 76.0. The van der Waals surface area contributed by atoms with E-state index >= 15 is 0 Å². The molecule has 1 fully saturated rings. The highest BCUT2D eigenvalue weighted by atomic mass is 16.7. The van der Waals surface area contributed by atoms with Crippen LogP contribution in [-0.4, -0.2) is 110 Å². The van der Waals surface area contributed by atoms with Crippen molar-refractivity contribution in [2.24, 2.45) is 0 Å². The lowest BCUT2D eigenvalue weighted by Gasteiger charge is -2.40. The molecule has 1 amide bonds. The molecule has 0 radical (unpaired) electrons. The van der Waals surface area contributed by atoms with Crippen LogP contribution in [0.25, 0.3) is 0 Å². The van der Waals surface area contributed by atoms with E-state index < -0.39 is 74.2 Å². The minimum Gasteiger partial charge on any atom is -0.394 e. The van der Waals surface area contributed by atoms with E-state index in [1.54, 1.807) is 0 Å². The minimum atomic E-state index is -1.67. The van der Waals surface area contributed by atoms with Crippen LogP contribution >= 0.6 is 0 Å². The third kappa shape index (κ3) is 37.5. The molecule has 0 aliphatic carbocycles. The van der Waals surface area contributed by atoms with Crippen molar-refractivity contribution in [1.29, 1.82) is 0 Å². The van der Waals surface area contributed by atoms with Gasteiger partial charge in [0, 0.05) is 0 Å². The zero-order valence-corrected chi connectivity index (χ0v) is 45.5. The van der Waals surface area contributed by atoms with Crippen LogP contribution in [0.4, 0.5) is 0 Å². The number of carbonyl (C=O) groups is 1. The number of unbranched alkanes of at least 4 members (excludes halogenated alkanes) is 30. The molecule has 9 atom stereocenters. The second-order valence-corrected chi connectivity index (χ2v) is 20.7. The summed E-state index contributed by atoms with van der Waals surface area (Å²) in [7, 11) is 0. The summed E-state index contributed by atoms with van der Waals surface area (Å²) in [5.74, 6) is -0.712. The van der Waals surface area contributed by atoms with Crippen molar-refractivity contribution >= 4 is 5.91 Å². The lowest BCUT2D eigenvalue weighted by Crippen LogP contribution is -2.60. The Morgan fingerprint density at radius 2 is 0.859 bits per heavy atom. The Hall–Kier alpha value is -1.93. The summed E-state index contributed by atoms with van der Waals surface area (Å²) in [6, 6.07) is -1.19. The summed E-state index contributed by atoms with van der Waals surface area (Å²) in [6.45, 7) is 3.40. The predicted octanol–water partition coefficient (Wildman–Crippen LogP) is 12.5. The van der Waals surface area contributed by atoms with E-state index in [-0.39, 0.29) is 12.8 Å². The molecule has 11 nitrogen and oxygen atoms in total. The number of hydrogen-bond donors (Lipinski definition) is 8. The van der Waals surface area contributed by atoms with Crippen molar-refractivity contribution in [3.8, 4) is 0 Å². The van der Waals surface area contributed by atoms with Crippen LogP contribution in [0.3, 0.4) is 0 Å². The van der Waals surface area contributed by atoms with Crippen molar-refractivity contribution < 1.29 is 50.0 Å². The van der Waals surface area contributed by atoms with Gasteiger partial charge in [-0.05, 0) is 83.5 Å². The quantitative estimate of drug-likeness (QED) is 0.0215. The molecule has 9 unspecified atom stereocenters. The van der Waals surface area contributed by atoms with Crippen molar-refractivity contribution in [3.05, 3.63) is 48.6 Å². The Balaban J connectivity index is 2.26. The zero-order chi connectivity index (χ0) is 51.8. The highest BCUT2D eigenvalue weighted by Gasteiger charge is 2.44. The van der Waals surface area contributed by atoms with E-state index in [4.69, 9.17) is 9.47 Å². The molecule has 0 spiro atoms. The van der Waals surface area contributed by atoms with Gasteiger partial charge < -0.3 is 50.5 Å². The van der Waals surface area contributed by atoms with Gasteiger partial charge in [-0.1, -0.05) is 223 Å². The van der Waals surface area contributed by atoms with E-state index in [9.17, 15) is 40.5 Å². The van der Waals surface area contributed by atoms with E-state index in [0.717, 1.165) is 51.4 Å². The molecule has 1 aliphatic rings. The van der Waals surface area contributed by atoms with Gasteiger partial charge in [0.2, 0.25) is 5.91 Å². The van der Waals surface area contributed by atoms with Crippen molar-refractivity contribution in [2.75, 3.05) is 13.2 Å². The Labute approximate surface area is 434 Å². The Bertz CT molecular complexity index is 1290. The molecule has 1 rings (SSSR count). The lowest BCUT2D eigenvalue weighted by molar-refractivity contribution is -0.303. The van der Waals surface area contributed by atoms with Gasteiger partial charge in [0.05, 0.1) is 25.4 Å². The number of carbonyl (C=O) groups excluding carboxylic acids is 1. The number of aliphatic hydroxyl groups excluding tert-OH is 7. The summed E-state index contributed by atoms with van der Waals surface area (Å²) < 4.78 is 11.1. The van der Waals surface area contributed by atoms with Crippen molar-refractivity contribution in [2.45, 2.75) is 313 Å². The number of ether oxygens (including phenoxy) is 2. The molecule has 0 aromatic heterocycles. The summed E-state index contributed by atoms with van der Waals surface area (Å²) in [6.07, 6.45) is 50.4. The molecule has 0 bridgehead atoms. The smallest absolute Gasteiger partial charge is 0.249 e. The molecule has 8 N–H and O–H groups in total. The average Bonchev–Trinajstić information content (AvgIpc) is 3.37. The Kier molecular flexibility index (Phi) is 46.3. The van der Waals surface area contributed by atoms with Crippen LogP contribution in [0.15, 0.2) is 48.6 Å². The van der Waals surface area contributed by atoms with Gasteiger partial charge in [0.15, 0.2) is 6.29 Å². The summed E-state index contributed by atoms with van der Waals surface area (Å²) >= 11 is 0. The van der Waals surface area contributed by atoms with Crippen LogP contribution in [-0.2, 0) is 14.3 Å². The third-order valence-electron chi connectivity index (χ3n) is 14.1. The maximum atomic E-state index is 13.2. The second-order valence-electron chi connectivity index (χ2n) is 20.7. The standard InChI is InChI=1S/C60H111NO10/c1-3-5-7-9-11-13-15-17-19-20-21-22-23-24-25-26-27-28-29-30-31-32-34-36-38-40-42-44-46-48-53(64)59(69)61-51(50-70-60-58(68)57(67)56(66)54(49-62)71-60)55(65)52(63)47-45-43-41-39-37-35-33-18-16-14-12-10-8-6-4-2/h10,12,18,24-25,33,39,41,51-58,60,62-68H,3-9,11,13-17,19-23,26-32,34-38,40,42-50H2,1-2H3,(H,61,69)/b12-10+,25-24-,33-18+,41-39+. The fourth-order valence-electron chi connectivity index (χ4n) is 9.22. The van der Waals surface area contributed by atoms with Crippen LogP contribution in [0.2, 0.25) is 0 Å². The van der Waals surface area contributed by atoms with Crippen LogP contribution < -0.4 is 5.32 Å². The monoisotopic (exact) mass is 1010 g/mol. The highest BCUT2D eigenvalue weighted by molar-refractivity contribution is 5.80. The largest absolute Gasteiger partial charge is 0.394 e. The Morgan fingerprint density at radius 1 is 0.479 bits per heavy atom. The van der Waals surface area contributed by atoms with Gasteiger partial charge in [0.25, 0.3) is 0 Å². The first-order chi connectivity index (χ1) is 34.7. The molecular weight excluding hydrogens is 895 g/mol. The molecule has 1 heterocycles. The molecule has 11 heteroatoms. The molecule has 71 heavy (non-hydrogen) atoms. The fraction of sp³-hybridized carbons (Fsp3) is 0.850. The van der Waals surface area contributed by atoms with Gasteiger partial charge in [-0.15, -0.1) is 0 Å². The molecule has 1 aliphatic heterocycles. The van der Waals surface area contributed by atoms with Gasteiger partial charge in [0.1, 0.15) is 36.6 Å². The van der Waals surface area contributed by atoms with Crippen molar-refractivity contribution in [3.63, 3.8) is 0 Å². The number of amides is 1. The number of rotatable bonds is 50. The van der Waals surface area contributed by atoms with E-state index in [0.29, 0.717) is 19.3 Å². The zero-order valence-electron chi connectivity index (χ0n) is 45.5. The van der Waals surface area contributed by atoms with Crippen LogP contribution in [0.5, 0.6) is 0 Å². The van der Waals surface area contributed by atoms with E-state index in [1.807, 2.05) is 0 Å². The molecule has 0 aromatic carbocycles. The SMILES string of the molecule is CCCC/C=C/CC/C=C/CC/C=C/CCCC(O)C(O)C(COC1OC(CO)C(O)C(O)C1O)NC(=O)C(O)CCCCCCCCCCCCCCC/C=C\CCCCCCCCCCCCCC. The highest BCUT2D eigenvalue weighted by Crippen LogP contribution is 2.23. The van der Waals surface area contributed by atoms with Gasteiger partial charge in [-0.25, -0.2) is 0 Å². The lowest BCUT2D eigenvalue weighted by atomic mass is 9.98. The first-order valence-electron chi connectivity index (χ1n) is 29.5. The second kappa shape index (κ2) is 49.0. The molecule has 0 aromatic rings. The van der Waals surface area contributed by atoms with Gasteiger partial charge in [-0.2, -0.15) is 0 Å². The number of hydrogen-bond acceptors (Lipinski definition) is 10. The molecule has 1 saturated heterocycles. The molecule has 0 saturated carbocycles. The minimum absolute atomic E-state index is 0.240. The first-order valence-corrected chi connectivity index (χ1v) is 29.5. The predicted molar refractivity (Wildman–Crippen MR) is 293 cm³/mol. The Morgan fingerprint density at radius 3 is 1.30 bits per heavy atom. The number of nitrogens with one attached hydrogen (secondary N) is 1. The number of allylic oxidation sites excluding steroid dienone is 8. The maximum absolute atomic E-state index is 13.2. The van der Waals surface area contributed by atoms with E-state index in [1.165, 1.54) is 161 Å². The number of aliphatic hydroxyl groups is 7. The topological polar surface area (TPSA) is 189 Å². The van der Waals surface area contributed by atoms with Gasteiger partial charge in [-0.3, -0.25) is 4.79 Å². The fourth-order valence-corrected chi connectivity index (χ4v) is 9.22. The summed E-state index contributed by atoms with van der Waals surface area (Å²) in [4.78, 5) is 13.2. The molecule has 416 valence electrons. The van der Waals surface area contributed by atoms with Crippen LogP contribution in [0.1, 0.15) is 258 Å². The van der Waals surface area contributed by atoms with Crippen LogP contribution in [0, 0.1) is 0 Å². The van der Waals surface area contributed by atoms with Gasteiger partial charge >= 0.3 is 0 Å².